The molecule has 0 aliphatic heterocycles. The molecule has 0 saturated heterocycles. The van der Waals surface area contributed by atoms with Crippen LogP contribution in [0.1, 0.15) is 10.4 Å². The minimum absolute atomic E-state index is 0.294. The van der Waals surface area contributed by atoms with E-state index in [2.05, 4.69) is 25.9 Å². The van der Waals surface area contributed by atoms with Gasteiger partial charge >= 0.3 is 0 Å². The molecule has 0 aliphatic carbocycles. The highest BCUT2D eigenvalue weighted by molar-refractivity contribution is 6.42. The molecular weight excluding hydrogens is 423 g/mol. The van der Waals surface area contributed by atoms with Gasteiger partial charge in [0.15, 0.2) is 11.5 Å². The third-order valence-electron chi connectivity index (χ3n) is 3.91. The van der Waals surface area contributed by atoms with Crippen molar-refractivity contribution in [1.82, 2.24) is 25.2 Å². The lowest BCUT2D eigenvalue weighted by Crippen LogP contribution is -2.29. The van der Waals surface area contributed by atoms with Gasteiger partial charge in [0.05, 0.1) is 27.3 Å². The number of nitrogens with zero attached hydrogens (tertiary/aromatic N) is 4. The van der Waals surface area contributed by atoms with Gasteiger partial charge in [-0.05, 0) is 42.5 Å². The van der Waals surface area contributed by atoms with Gasteiger partial charge in [-0.1, -0.05) is 34.8 Å². The summed E-state index contributed by atoms with van der Waals surface area (Å²) in [5, 5.41) is 6.27. The maximum Gasteiger partial charge on any atom is 0.269 e. The van der Waals surface area contributed by atoms with Crippen LogP contribution in [0.3, 0.4) is 0 Å². The van der Waals surface area contributed by atoms with Crippen molar-refractivity contribution in [2.45, 2.75) is 0 Å². The van der Waals surface area contributed by atoms with Crippen LogP contribution in [0.5, 0.6) is 0 Å². The Morgan fingerprint density at radius 1 is 0.964 bits per heavy atom. The second-order valence-electron chi connectivity index (χ2n) is 5.70. The molecule has 0 atom stereocenters. The highest BCUT2D eigenvalue weighted by Crippen LogP contribution is 2.24. The lowest BCUT2D eigenvalue weighted by atomic mass is 10.2. The van der Waals surface area contributed by atoms with E-state index in [1.165, 1.54) is 12.4 Å². The first kappa shape index (κ1) is 18.5. The number of aromatic nitrogens is 4. The van der Waals surface area contributed by atoms with Gasteiger partial charge in [0.1, 0.15) is 6.33 Å². The van der Waals surface area contributed by atoms with Crippen molar-refractivity contribution in [3.63, 3.8) is 0 Å². The Morgan fingerprint density at radius 3 is 2.50 bits per heavy atom. The number of hydrazine groups is 1. The van der Waals surface area contributed by atoms with Crippen molar-refractivity contribution in [2.75, 3.05) is 5.43 Å². The Morgan fingerprint density at radius 2 is 1.75 bits per heavy atom. The van der Waals surface area contributed by atoms with Gasteiger partial charge in [0.25, 0.3) is 5.91 Å². The summed E-state index contributed by atoms with van der Waals surface area (Å²) >= 11 is 17.8. The predicted molar refractivity (Wildman–Crippen MR) is 109 cm³/mol. The Hall–Kier alpha value is -2.87. The summed E-state index contributed by atoms with van der Waals surface area (Å²) in [6.45, 7) is 0. The number of nitrogens with one attached hydrogen (secondary N) is 2. The summed E-state index contributed by atoms with van der Waals surface area (Å²) in [6, 6.07) is 11.8. The molecule has 140 valence electrons. The van der Waals surface area contributed by atoms with Crippen LogP contribution in [0.4, 0.5) is 5.82 Å². The third-order valence-corrected chi connectivity index (χ3v) is 4.90. The topological polar surface area (TPSA) is 84.7 Å². The summed E-state index contributed by atoms with van der Waals surface area (Å²) in [4.78, 5) is 20.8. The van der Waals surface area contributed by atoms with Crippen LogP contribution < -0.4 is 10.9 Å². The summed E-state index contributed by atoms with van der Waals surface area (Å²) in [6.07, 6.45) is 2.99. The van der Waals surface area contributed by atoms with Crippen LogP contribution >= 0.6 is 34.8 Å². The van der Waals surface area contributed by atoms with Crippen LogP contribution in [0.15, 0.2) is 55.0 Å². The van der Waals surface area contributed by atoms with Crippen LogP contribution in [0.25, 0.3) is 16.7 Å². The molecule has 0 fully saturated rings. The van der Waals surface area contributed by atoms with E-state index in [1.807, 2.05) is 12.1 Å². The highest BCUT2D eigenvalue weighted by Gasteiger charge is 2.13. The van der Waals surface area contributed by atoms with Crippen molar-refractivity contribution in [3.05, 3.63) is 75.6 Å². The fraction of sp³-hybridized carbons (Fsp3) is 0. The lowest BCUT2D eigenvalue weighted by Gasteiger charge is -2.09. The molecule has 0 spiro atoms. The molecule has 0 unspecified atom stereocenters. The number of hydrogen-bond donors (Lipinski definition) is 2. The molecule has 7 nitrogen and oxygen atoms in total. The average Bonchev–Trinajstić information content (AvgIpc) is 3.13. The second kappa shape index (κ2) is 7.63. The number of benzene rings is 2. The number of fused-ring (bicyclic) bond motifs is 1. The van der Waals surface area contributed by atoms with Gasteiger partial charge in [-0.2, -0.15) is 5.10 Å². The molecule has 0 aliphatic rings. The molecule has 4 aromatic rings. The smallest absolute Gasteiger partial charge is 0.269 e. The summed E-state index contributed by atoms with van der Waals surface area (Å²) < 4.78 is 1.65. The fourth-order valence-corrected chi connectivity index (χ4v) is 2.96. The van der Waals surface area contributed by atoms with E-state index in [-0.39, 0.29) is 0 Å². The Labute approximate surface area is 174 Å². The largest absolute Gasteiger partial charge is 0.281 e. The lowest BCUT2D eigenvalue weighted by molar-refractivity contribution is 0.0962. The van der Waals surface area contributed by atoms with Crippen molar-refractivity contribution < 1.29 is 4.79 Å². The van der Waals surface area contributed by atoms with Crippen molar-refractivity contribution >= 4 is 57.6 Å². The number of anilines is 1. The second-order valence-corrected chi connectivity index (χ2v) is 6.95. The maximum absolute atomic E-state index is 12.3. The van der Waals surface area contributed by atoms with Crippen LogP contribution in [-0.4, -0.2) is 25.7 Å². The number of rotatable bonds is 4. The van der Waals surface area contributed by atoms with Crippen molar-refractivity contribution in [3.8, 4) is 5.69 Å². The zero-order valence-electron chi connectivity index (χ0n) is 14.0. The molecule has 0 radical (unpaired) electrons. The van der Waals surface area contributed by atoms with Gasteiger partial charge in [-0.25, -0.2) is 14.6 Å². The standard InChI is InChI=1S/C18H11Cl3N6O/c19-11-2-4-12(5-3-11)27-17-13(8-24-27)16(22-9-23-17)25-26-18(28)10-1-6-14(20)15(21)7-10/h1-9H,(H,26,28)(H,22,23,25). The molecule has 2 aromatic heterocycles. The number of carbonyl (C=O) groups excluding carboxylic acids is 1. The van der Waals surface area contributed by atoms with Crippen LogP contribution in [0.2, 0.25) is 15.1 Å². The summed E-state index contributed by atoms with van der Waals surface area (Å²) in [5.74, 6) is 0.00838. The molecule has 2 heterocycles. The third kappa shape index (κ3) is 3.60. The molecule has 0 saturated carbocycles. The quantitative estimate of drug-likeness (QED) is 0.462. The molecule has 4 rings (SSSR count). The first-order valence-electron chi connectivity index (χ1n) is 7.99. The predicted octanol–water partition coefficient (Wildman–Crippen LogP) is 4.53. The molecule has 2 N–H and O–H groups in total. The minimum atomic E-state index is -0.393. The van der Waals surface area contributed by atoms with Gasteiger partial charge in [-0.15, -0.1) is 0 Å². The summed E-state index contributed by atoms with van der Waals surface area (Å²) in [7, 11) is 0. The number of amides is 1. The average molecular weight is 434 g/mol. The zero-order chi connectivity index (χ0) is 19.7. The normalized spacial score (nSPS) is 10.8. The fourth-order valence-electron chi connectivity index (χ4n) is 2.54. The zero-order valence-corrected chi connectivity index (χ0v) is 16.3. The maximum atomic E-state index is 12.3. The van der Waals surface area contributed by atoms with E-state index in [0.29, 0.717) is 37.5 Å². The number of halogens is 3. The van der Waals surface area contributed by atoms with E-state index in [9.17, 15) is 4.79 Å². The van der Waals surface area contributed by atoms with Crippen LogP contribution in [0, 0.1) is 0 Å². The molecule has 28 heavy (non-hydrogen) atoms. The number of carbonyl (C=O) groups is 1. The molecule has 1 amide bonds. The molecule has 0 bridgehead atoms. The van der Waals surface area contributed by atoms with E-state index in [1.54, 1.807) is 35.1 Å². The molecule has 2 aromatic carbocycles. The van der Waals surface area contributed by atoms with Gasteiger partial charge in [0, 0.05) is 10.6 Å². The van der Waals surface area contributed by atoms with Gasteiger partial charge in [-0.3, -0.25) is 15.6 Å². The van der Waals surface area contributed by atoms with E-state index >= 15 is 0 Å². The van der Waals surface area contributed by atoms with E-state index < -0.39 is 5.91 Å². The molecule has 10 heteroatoms. The van der Waals surface area contributed by atoms with Crippen molar-refractivity contribution in [1.29, 1.82) is 0 Å². The van der Waals surface area contributed by atoms with E-state index in [4.69, 9.17) is 34.8 Å². The summed E-state index contributed by atoms with van der Waals surface area (Å²) in [5.41, 5.74) is 7.09. The van der Waals surface area contributed by atoms with Gasteiger partial charge < -0.3 is 0 Å². The molecular formula is C18H11Cl3N6O. The first-order chi connectivity index (χ1) is 13.5. The Balaban J connectivity index is 1.58. The SMILES string of the molecule is O=C(NNc1ncnc2c1cnn2-c1ccc(Cl)cc1)c1ccc(Cl)c(Cl)c1. The Kier molecular flexibility index (Phi) is 5.04. The van der Waals surface area contributed by atoms with E-state index in [0.717, 1.165) is 5.69 Å². The van der Waals surface area contributed by atoms with Gasteiger partial charge in [0.2, 0.25) is 0 Å². The van der Waals surface area contributed by atoms with Crippen molar-refractivity contribution in [2.24, 2.45) is 0 Å². The highest BCUT2D eigenvalue weighted by atomic mass is 35.5. The first-order valence-corrected chi connectivity index (χ1v) is 9.12. The Bertz CT molecular complexity index is 1180. The van der Waals surface area contributed by atoms with Crippen LogP contribution in [-0.2, 0) is 0 Å². The number of hydrogen-bond acceptors (Lipinski definition) is 5. The monoisotopic (exact) mass is 432 g/mol. The minimum Gasteiger partial charge on any atom is -0.281 e.